The summed E-state index contributed by atoms with van der Waals surface area (Å²) >= 11 is 0. The summed E-state index contributed by atoms with van der Waals surface area (Å²) in [6, 6.07) is 10.0. The van der Waals surface area contributed by atoms with Crippen LogP contribution in [-0.2, 0) is 25.4 Å². The molecular formula is C20H30O4. The van der Waals surface area contributed by atoms with E-state index in [1.165, 1.54) is 12.0 Å². The van der Waals surface area contributed by atoms with E-state index in [4.69, 9.17) is 14.2 Å². The topological polar surface area (TPSA) is 44.8 Å². The van der Waals surface area contributed by atoms with E-state index in [0.717, 1.165) is 58.2 Å². The fourth-order valence-corrected chi connectivity index (χ4v) is 2.76. The van der Waals surface area contributed by atoms with Crippen LogP contribution in [0.5, 0.6) is 0 Å². The average Bonchev–Trinajstić information content (AvgIpc) is 2.64. The highest BCUT2D eigenvalue weighted by Crippen LogP contribution is 2.14. The first kappa shape index (κ1) is 18.9. The maximum Gasteiger partial charge on any atom is 0.306 e. The van der Waals surface area contributed by atoms with Crippen molar-refractivity contribution in [1.29, 1.82) is 0 Å². The number of hydrogen-bond acceptors (Lipinski definition) is 4. The number of rotatable bonds is 11. The second-order valence-corrected chi connectivity index (χ2v) is 6.29. The van der Waals surface area contributed by atoms with Crippen LogP contribution >= 0.6 is 0 Å². The van der Waals surface area contributed by atoms with Gasteiger partial charge in [0.15, 0.2) is 6.29 Å². The fraction of sp³-hybridized carbons (Fsp3) is 0.650. The highest BCUT2D eigenvalue weighted by molar-refractivity contribution is 5.69. The minimum Gasteiger partial charge on any atom is -0.466 e. The number of esters is 1. The summed E-state index contributed by atoms with van der Waals surface area (Å²) in [5.41, 5.74) is 1.18. The monoisotopic (exact) mass is 334 g/mol. The molecule has 4 nitrogen and oxygen atoms in total. The molecule has 2 rings (SSSR count). The molecule has 0 radical (unpaired) electrons. The minimum absolute atomic E-state index is 0.0179. The van der Waals surface area contributed by atoms with Crippen LogP contribution in [0.15, 0.2) is 30.3 Å². The molecule has 0 saturated carbocycles. The third-order valence-corrected chi connectivity index (χ3v) is 4.20. The summed E-state index contributed by atoms with van der Waals surface area (Å²) in [6.45, 7) is 2.13. The third kappa shape index (κ3) is 8.46. The van der Waals surface area contributed by atoms with Crippen LogP contribution in [0.4, 0.5) is 0 Å². The van der Waals surface area contributed by atoms with Crippen molar-refractivity contribution >= 4 is 5.97 Å². The Balaban J connectivity index is 1.37. The van der Waals surface area contributed by atoms with E-state index in [-0.39, 0.29) is 12.3 Å². The summed E-state index contributed by atoms with van der Waals surface area (Å²) in [5, 5.41) is 0. The lowest BCUT2D eigenvalue weighted by molar-refractivity contribution is -0.162. The SMILES string of the molecule is O=C(CCc1ccccc1)OCCCCCCOC1CCCCO1. The molecule has 24 heavy (non-hydrogen) atoms. The Labute approximate surface area is 145 Å². The summed E-state index contributed by atoms with van der Waals surface area (Å²) in [7, 11) is 0. The maximum absolute atomic E-state index is 11.7. The van der Waals surface area contributed by atoms with Crippen LogP contribution in [0.1, 0.15) is 56.9 Å². The largest absolute Gasteiger partial charge is 0.466 e. The molecule has 4 heteroatoms. The Morgan fingerprint density at radius 2 is 1.83 bits per heavy atom. The number of aryl methyl sites for hydroxylation is 1. The van der Waals surface area contributed by atoms with Crippen LogP contribution in [0.2, 0.25) is 0 Å². The van der Waals surface area contributed by atoms with Crippen LogP contribution in [0, 0.1) is 0 Å². The van der Waals surface area contributed by atoms with Crippen molar-refractivity contribution in [3.8, 4) is 0 Å². The van der Waals surface area contributed by atoms with Gasteiger partial charge in [0.25, 0.3) is 0 Å². The maximum atomic E-state index is 11.7. The molecule has 1 aliphatic heterocycles. The summed E-state index contributed by atoms with van der Waals surface area (Å²) < 4.78 is 16.5. The Hall–Kier alpha value is -1.39. The predicted octanol–water partition coefficient (Wildman–Crippen LogP) is 4.27. The minimum atomic E-state index is -0.100. The first-order valence-electron chi connectivity index (χ1n) is 9.27. The lowest BCUT2D eigenvalue weighted by Crippen LogP contribution is -2.22. The van der Waals surface area contributed by atoms with Crippen molar-refractivity contribution < 1.29 is 19.0 Å². The highest BCUT2D eigenvalue weighted by Gasteiger charge is 2.13. The Morgan fingerprint density at radius 3 is 2.58 bits per heavy atom. The highest BCUT2D eigenvalue weighted by atomic mass is 16.7. The average molecular weight is 334 g/mol. The van der Waals surface area contributed by atoms with Crippen molar-refractivity contribution in [3.63, 3.8) is 0 Å². The molecule has 134 valence electrons. The number of unbranched alkanes of at least 4 members (excludes halogenated alkanes) is 3. The van der Waals surface area contributed by atoms with E-state index in [9.17, 15) is 4.79 Å². The molecule has 0 aliphatic carbocycles. The van der Waals surface area contributed by atoms with E-state index in [1.807, 2.05) is 30.3 Å². The van der Waals surface area contributed by atoms with Crippen molar-refractivity contribution in [2.75, 3.05) is 19.8 Å². The second-order valence-electron chi connectivity index (χ2n) is 6.29. The Kier molecular flexibility index (Phi) is 9.50. The van der Waals surface area contributed by atoms with Gasteiger partial charge >= 0.3 is 5.97 Å². The van der Waals surface area contributed by atoms with E-state index in [2.05, 4.69) is 0 Å². The molecular weight excluding hydrogens is 304 g/mol. The van der Waals surface area contributed by atoms with Gasteiger partial charge < -0.3 is 14.2 Å². The second kappa shape index (κ2) is 12.0. The summed E-state index contributed by atoms with van der Waals surface area (Å²) in [5.74, 6) is -0.100. The van der Waals surface area contributed by atoms with E-state index < -0.39 is 0 Å². The predicted molar refractivity (Wildman–Crippen MR) is 93.7 cm³/mol. The van der Waals surface area contributed by atoms with E-state index in [0.29, 0.717) is 13.0 Å². The quantitative estimate of drug-likeness (QED) is 0.448. The van der Waals surface area contributed by atoms with Crippen LogP contribution < -0.4 is 0 Å². The van der Waals surface area contributed by atoms with Crippen LogP contribution in [0.3, 0.4) is 0 Å². The number of carbonyl (C=O) groups excluding carboxylic acids is 1. The van der Waals surface area contributed by atoms with Gasteiger partial charge in [0.05, 0.1) is 6.61 Å². The van der Waals surface area contributed by atoms with Crippen molar-refractivity contribution in [1.82, 2.24) is 0 Å². The molecule has 1 atom stereocenters. The van der Waals surface area contributed by atoms with Gasteiger partial charge in [-0.3, -0.25) is 4.79 Å². The molecule has 0 spiro atoms. The molecule has 1 fully saturated rings. The van der Waals surface area contributed by atoms with Gasteiger partial charge in [0.1, 0.15) is 0 Å². The lowest BCUT2D eigenvalue weighted by atomic mass is 10.1. The molecule has 1 unspecified atom stereocenters. The van der Waals surface area contributed by atoms with Crippen LogP contribution in [-0.4, -0.2) is 32.1 Å². The van der Waals surface area contributed by atoms with Crippen molar-refractivity contribution in [3.05, 3.63) is 35.9 Å². The number of carbonyl (C=O) groups is 1. The molecule has 1 saturated heterocycles. The molecule has 1 heterocycles. The normalized spacial score (nSPS) is 17.6. The van der Waals surface area contributed by atoms with E-state index in [1.54, 1.807) is 0 Å². The van der Waals surface area contributed by atoms with Gasteiger partial charge in [-0.25, -0.2) is 0 Å². The first-order valence-corrected chi connectivity index (χ1v) is 9.27. The molecule has 1 aromatic rings. The molecule has 0 aromatic heterocycles. The molecule has 1 aromatic carbocycles. The standard InChI is InChI=1S/C20H30O4/c21-19(14-13-18-10-4-3-5-11-18)22-15-7-1-2-8-16-23-20-12-6-9-17-24-20/h3-5,10-11,20H,1-2,6-9,12-17H2. The smallest absolute Gasteiger partial charge is 0.306 e. The zero-order valence-corrected chi connectivity index (χ0v) is 14.6. The van der Waals surface area contributed by atoms with E-state index >= 15 is 0 Å². The summed E-state index contributed by atoms with van der Waals surface area (Å²) in [6.07, 6.45) is 8.76. The van der Waals surface area contributed by atoms with Gasteiger partial charge in [0, 0.05) is 19.6 Å². The molecule has 0 amide bonds. The first-order chi connectivity index (χ1) is 11.8. The lowest BCUT2D eigenvalue weighted by Gasteiger charge is -2.22. The van der Waals surface area contributed by atoms with Crippen molar-refractivity contribution in [2.45, 2.75) is 64.1 Å². The molecule has 1 aliphatic rings. The van der Waals surface area contributed by atoms with Gasteiger partial charge in [-0.15, -0.1) is 0 Å². The number of benzene rings is 1. The number of ether oxygens (including phenoxy) is 3. The number of hydrogen-bond donors (Lipinski definition) is 0. The van der Waals surface area contributed by atoms with Crippen molar-refractivity contribution in [2.24, 2.45) is 0 Å². The Morgan fingerprint density at radius 1 is 1.04 bits per heavy atom. The van der Waals surface area contributed by atoms with Crippen LogP contribution in [0.25, 0.3) is 0 Å². The zero-order chi connectivity index (χ0) is 16.9. The molecule has 0 N–H and O–H groups in total. The fourth-order valence-electron chi connectivity index (χ4n) is 2.76. The zero-order valence-electron chi connectivity index (χ0n) is 14.6. The molecule has 0 bridgehead atoms. The van der Waals surface area contributed by atoms with Gasteiger partial charge in [0.2, 0.25) is 0 Å². The third-order valence-electron chi connectivity index (χ3n) is 4.20. The van der Waals surface area contributed by atoms with Gasteiger partial charge in [-0.2, -0.15) is 0 Å². The van der Waals surface area contributed by atoms with Gasteiger partial charge in [-0.05, 0) is 50.5 Å². The van der Waals surface area contributed by atoms with Gasteiger partial charge in [-0.1, -0.05) is 36.8 Å². The summed E-state index contributed by atoms with van der Waals surface area (Å²) in [4.78, 5) is 11.7. The Bertz CT molecular complexity index is 440.